The molecule has 2 rings (SSSR count). The van der Waals surface area contributed by atoms with Gasteiger partial charge >= 0.3 is 0 Å². The van der Waals surface area contributed by atoms with Crippen molar-refractivity contribution in [3.63, 3.8) is 0 Å². The van der Waals surface area contributed by atoms with E-state index in [0.717, 1.165) is 25.3 Å². The third kappa shape index (κ3) is 3.89. The molecule has 0 atom stereocenters. The SMILES string of the molecule is COc1ccc(C)cc1CCN=C(N)N1CCCCC1. The molecule has 0 amide bonds. The topological polar surface area (TPSA) is 50.9 Å². The minimum atomic E-state index is 0.691. The Kier molecular flexibility index (Phi) is 5.27. The summed E-state index contributed by atoms with van der Waals surface area (Å²) in [5.74, 6) is 1.62. The van der Waals surface area contributed by atoms with E-state index in [-0.39, 0.29) is 0 Å². The lowest BCUT2D eigenvalue weighted by Gasteiger charge is -2.27. The van der Waals surface area contributed by atoms with E-state index in [1.54, 1.807) is 7.11 Å². The van der Waals surface area contributed by atoms with Gasteiger partial charge in [0.15, 0.2) is 5.96 Å². The van der Waals surface area contributed by atoms with Crippen molar-refractivity contribution in [2.45, 2.75) is 32.6 Å². The zero-order valence-corrected chi connectivity index (χ0v) is 12.6. The molecule has 1 heterocycles. The van der Waals surface area contributed by atoms with Gasteiger partial charge in [-0.1, -0.05) is 17.7 Å². The van der Waals surface area contributed by atoms with E-state index in [1.165, 1.54) is 30.4 Å². The van der Waals surface area contributed by atoms with Crippen molar-refractivity contribution in [1.29, 1.82) is 0 Å². The van der Waals surface area contributed by atoms with Crippen LogP contribution in [-0.2, 0) is 6.42 Å². The van der Waals surface area contributed by atoms with E-state index < -0.39 is 0 Å². The summed E-state index contributed by atoms with van der Waals surface area (Å²) in [5, 5.41) is 0. The van der Waals surface area contributed by atoms with Crippen molar-refractivity contribution >= 4 is 5.96 Å². The van der Waals surface area contributed by atoms with Crippen LogP contribution < -0.4 is 10.5 Å². The summed E-state index contributed by atoms with van der Waals surface area (Å²) in [4.78, 5) is 6.70. The monoisotopic (exact) mass is 275 g/mol. The number of piperidine rings is 1. The van der Waals surface area contributed by atoms with E-state index in [0.29, 0.717) is 12.5 Å². The van der Waals surface area contributed by atoms with Crippen molar-refractivity contribution in [1.82, 2.24) is 4.90 Å². The van der Waals surface area contributed by atoms with Crippen molar-refractivity contribution in [2.75, 3.05) is 26.7 Å². The molecular formula is C16H25N3O. The van der Waals surface area contributed by atoms with Crippen LogP contribution in [0.25, 0.3) is 0 Å². The Morgan fingerprint density at radius 1 is 1.30 bits per heavy atom. The highest BCUT2D eigenvalue weighted by Crippen LogP contribution is 2.20. The van der Waals surface area contributed by atoms with Gasteiger partial charge in [0.05, 0.1) is 7.11 Å². The number of hydrogen-bond acceptors (Lipinski definition) is 2. The van der Waals surface area contributed by atoms with Gasteiger partial charge in [-0.2, -0.15) is 0 Å². The average molecular weight is 275 g/mol. The van der Waals surface area contributed by atoms with E-state index in [9.17, 15) is 0 Å². The first-order chi connectivity index (χ1) is 9.70. The fraction of sp³-hybridized carbons (Fsp3) is 0.562. The Morgan fingerprint density at radius 2 is 2.05 bits per heavy atom. The highest BCUT2D eigenvalue weighted by molar-refractivity contribution is 5.78. The molecule has 2 N–H and O–H groups in total. The molecule has 1 aromatic rings. The number of likely N-dealkylation sites (tertiary alicyclic amines) is 1. The van der Waals surface area contributed by atoms with Gasteiger partial charge in [-0.15, -0.1) is 0 Å². The standard InChI is InChI=1S/C16H25N3O/c1-13-6-7-15(20-2)14(12-13)8-9-18-16(17)19-10-4-3-5-11-19/h6-7,12H,3-5,8-11H2,1-2H3,(H2,17,18). The highest BCUT2D eigenvalue weighted by Gasteiger charge is 2.11. The second kappa shape index (κ2) is 7.17. The third-order valence-corrected chi connectivity index (χ3v) is 3.77. The Hall–Kier alpha value is -1.71. The van der Waals surface area contributed by atoms with Crippen LogP contribution >= 0.6 is 0 Å². The lowest BCUT2D eigenvalue weighted by atomic mass is 10.1. The van der Waals surface area contributed by atoms with Gasteiger partial charge in [0.2, 0.25) is 0 Å². The molecule has 0 aliphatic carbocycles. The Morgan fingerprint density at radius 3 is 2.75 bits per heavy atom. The zero-order chi connectivity index (χ0) is 14.4. The fourth-order valence-corrected chi connectivity index (χ4v) is 2.62. The maximum absolute atomic E-state index is 6.06. The van der Waals surface area contributed by atoms with Crippen molar-refractivity contribution < 1.29 is 4.74 Å². The van der Waals surface area contributed by atoms with Crippen molar-refractivity contribution in [2.24, 2.45) is 10.7 Å². The van der Waals surface area contributed by atoms with Crippen molar-refractivity contribution in [3.05, 3.63) is 29.3 Å². The summed E-state index contributed by atoms with van der Waals surface area (Å²) < 4.78 is 5.38. The lowest BCUT2D eigenvalue weighted by molar-refractivity contribution is 0.338. The van der Waals surface area contributed by atoms with Crippen LogP contribution in [0, 0.1) is 6.92 Å². The Labute approximate surface area is 121 Å². The van der Waals surface area contributed by atoms with E-state index >= 15 is 0 Å². The van der Waals surface area contributed by atoms with E-state index in [4.69, 9.17) is 10.5 Å². The zero-order valence-electron chi connectivity index (χ0n) is 12.6. The number of hydrogen-bond donors (Lipinski definition) is 1. The van der Waals surface area contributed by atoms with Crippen LogP contribution in [0.5, 0.6) is 5.75 Å². The molecule has 0 radical (unpaired) electrons. The van der Waals surface area contributed by atoms with Gasteiger partial charge in [-0.05, 0) is 44.2 Å². The number of nitrogens with zero attached hydrogens (tertiary/aromatic N) is 2. The number of nitrogens with two attached hydrogens (primary N) is 1. The summed E-state index contributed by atoms with van der Waals surface area (Å²) in [7, 11) is 1.71. The van der Waals surface area contributed by atoms with Crippen molar-refractivity contribution in [3.8, 4) is 5.75 Å². The molecule has 1 aromatic carbocycles. The summed E-state index contributed by atoms with van der Waals surface area (Å²) in [6, 6.07) is 6.24. The van der Waals surface area contributed by atoms with Crippen LogP contribution in [-0.4, -0.2) is 37.6 Å². The largest absolute Gasteiger partial charge is 0.496 e. The number of methoxy groups -OCH3 is 1. The van der Waals surface area contributed by atoms with Gasteiger partial charge < -0.3 is 15.4 Å². The van der Waals surface area contributed by atoms with Crippen LogP contribution in [0.3, 0.4) is 0 Å². The smallest absolute Gasteiger partial charge is 0.191 e. The Balaban J connectivity index is 1.93. The number of ether oxygens (including phenoxy) is 1. The minimum absolute atomic E-state index is 0.691. The van der Waals surface area contributed by atoms with Gasteiger partial charge in [-0.3, -0.25) is 4.99 Å². The number of guanidine groups is 1. The molecule has 1 fully saturated rings. The molecule has 0 spiro atoms. The maximum Gasteiger partial charge on any atom is 0.191 e. The number of aryl methyl sites for hydroxylation is 1. The van der Waals surface area contributed by atoms with Crippen LogP contribution in [0.15, 0.2) is 23.2 Å². The number of aliphatic imine (C=N–C) groups is 1. The van der Waals surface area contributed by atoms with Gasteiger partial charge in [0.25, 0.3) is 0 Å². The van der Waals surface area contributed by atoms with E-state index in [1.807, 2.05) is 6.07 Å². The number of rotatable bonds is 4. The molecule has 0 unspecified atom stereocenters. The second-order valence-electron chi connectivity index (χ2n) is 5.35. The van der Waals surface area contributed by atoms with Gasteiger partial charge in [0.1, 0.15) is 5.75 Å². The fourth-order valence-electron chi connectivity index (χ4n) is 2.62. The van der Waals surface area contributed by atoms with Crippen LogP contribution in [0.1, 0.15) is 30.4 Å². The molecular weight excluding hydrogens is 250 g/mol. The normalized spacial score (nSPS) is 16.3. The Bertz CT molecular complexity index is 465. The van der Waals surface area contributed by atoms with Crippen LogP contribution in [0.2, 0.25) is 0 Å². The summed E-state index contributed by atoms with van der Waals surface area (Å²) in [5.41, 5.74) is 8.50. The molecule has 20 heavy (non-hydrogen) atoms. The molecule has 1 aliphatic heterocycles. The first kappa shape index (κ1) is 14.7. The lowest BCUT2D eigenvalue weighted by Crippen LogP contribution is -2.41. The number of benzene rings is 1. The predicted molar refractivity (Wildman–Crippen MR) is 83.3 cm³/mol. The molecule has 1 saturated heterocycles. The molecule has 0 saturated carbocycles. The molecule has 0 bridgehead atoms. The van der Waals surface area contributed by atoms with E-state index in [2.05, 4.69) is 28.9 Å². The van der Waals surface area contributed by atoms with Crippen LogP contribution in [0.4, 0.5) is 0 Å². The first-order valence-electron chi connectivity index (χ1n) is 7.39. The average Bonchev–Trinajstić information content (AvgIpc) is 2.48. The predicted octanol–water partition coefficient (Wildman–Crippen LogP) is 2.35. The molecule has 110 valence electrons. The molecule has 4 heteroatoms. The molecule has 1 aliphatic rings. The maximum atomic E-state index is 6.06. The molecule has 0 aromatic heterocycles. The van der Waals surface area contributed by atoms with Gasteiger partial charge in [0, 0.05) is 19.6 Å². The second-order valence-corrected chi connectivity index (χ2v) is 5.35. The first-order valence-corrected chi connectivity index (χ1v) is 7.39. The van der Waals surface area contributed by atoms with Gasteiger partial charge in [-0.25, -0.2) is 0 Å². The molecule has 4 nitrogen and oxygen atoms in total. The minimum Gasteiger partial charge on any atom is -0.496 e. The third-order valence-electron chi connectivity index (χ3n) is 3.77. The summed E-state index contributed by atoms with van der Waals surface area (Å²) in [6.45, 7) is 4.89. The summed E-state index contributed by atoms with van der Waals surface area (Å²) >= 11 is 0. The summed E-state index contributed by atoms with van der Waals surface area (Å²) in [6.07, 6.45) is 4.62. The quantitative estimate of drug-likeness (QED) is 0.678. The highest BCUT2D eigenvalue weighted by atomic mass is 16.5.